The summed E-state index contributed by atoms with van der Waals surface area (Å²) in [4.78, 5) is 38.6. The minimum Gasteiger partial charge on any atom is -0.468 e. The number of halogens is 3. The fraction of sp³-hybridized carbons (Fsp3) is 0.550. The Morgan fingerprint density at radius 1 is 1.13 bits per heavy atom. The van der Waals surface area contributed by atoms with Crippen molar-refractivity contribution >= 4 is 34.0 Å². The van der Waals surface area contributed by atoms with Crippen molar-refractivity contribution in [2.45, 2.75) is 44.8 Å². The molecule has 0 radical (unpaired) electrons. The zero-order valence-corrected chi connectivity index (χ0v) is 18.9. The van der Waals surface area contributed by atoms with Gasteiger partial charge in [-0.25, -0.2) is 9.59 Å². The molecule has 0 aromatic heterocycles. The molecule has 0 bridgehead atoms. The molecule has 7 nitrogen and oxygen atoms in total. The molecule has 1 amide bonds. The molecular weight excluding hydrogens is 468 g/mol. The number of hydrogen-bond donors (Lipinski definition) is 0. The highest BCUT2D eigenvalue weighted by Crippen LogP contribution is 2.54. The van der Waals surface area contributed by atoms with Gasteiger partial charge in [-0.3, -0.25) is 9.69 Å². The van der Waals surface area contributed by atoms with Crippen LogP contribution in [-0.4, -0.2) is 55.3 Å². The van der Waals surface area contributed by atoms with Crippen molar-refractivity contribution in [1.82, 2.24) is 4.90 Å². The van der Waals surface area contributed by atoms with Crippen LogP contribution in [0.1, 0.15) is 32.8 Å². The smallest absolute Gasteiger partial charge is 0.411 e. The largest absolute Gasteiger partial charge is 0.468 e. The lowest BCUT2D eigenvalue weighted by molar-refractivity contribution is -0.184. The third-order valence-electron chi connectivity index (χ3n) is 4.85. The van der Waals surface area contributed by atoms with Crippen LogP contribution in [-0.2, 0) is 29.7 Å². The van der Waals surface area contributed by atoms with Crippen molar-refractivity contribution in [3.63, 3.8) is 0 Å². The maximum atomic E-state index is 15.9. The van der Waals surface area contributed by atoms with E-state index in [1.165, 1.54) is 12.1 Å². The summed E-state index contributed by atoms with van der Waals surface area (Å²) in [5, 5.41) is 0. The number of likely N-dealkylation sites (tertiary alicyclic amines) is 1. The van der Waals surface area contributed by atoms with Crippen LogP contribution >= 0.6 is 15.9 Å². The molecule has 1 saturated heterocycles. The van der Waals surface area contributed by atoms with Crippen LogP contribution in [0.5, 0.6) is 0 Å². The molecule has 1 aliphatic rings. The Morgan fingerprint density at radius 2 is 1.73 bits per heavy atom. The molecule has 0 aliphatic carbocycles. The van der Waals surface area contributed by atoms with Gasteiger partial charge in [-0.1, -0.05) is 34.1 Å². The lowest BCUT2D eigenvalue weighted by Gasteiger charge is -2.35. The first kappa shape index (κ1) is 24.0. The van der Waals surface area contributed by atoms with Crippen LogP contribution in [0.25, 0.3) is 0 Å². The number of nitrogens with zero attached hydrogens (tertiary/aromatic N) is 1. The van der Waals surface area contributed by atoms with E-state index in [0.29, 0.717) is 0 Å². The molecule has 0 unspecified atom stereocenters. The number of alkyl halides is 2. The number of esters is 2. The first-order valence-electron chi connectivity index (χ1n) is 9.09. The third kappa shape index (κ3) is 4.28. The second-order valence-electron chi connectivity index (χ2n) is 7.98. The van der Waals surface area contributed by atoms with E-state index in [-0.39, 0.29) is 4.47 Å². The van der Waals surface area contributed by atoms with Gasteiger partial charge in [0.25, 0.3) is 5.92 Å². The summed E-state index contributed by atoms with van der Waals surface area (Å²) in [7, 11) is 2.04. The van der Waals surface area contributed by atoms with Gasteiger partial charge in [0, 0.05) is 23.0 Å². The van der Waals surface area contributed by atoms with Crippen molar-refractivity contribution in [3.8, 4) is 0 Å². The number of amides is 1. The number of carbonyl (C=O) groups is 3. The fourth-order valence-electron chi connectivity index (χ4n) is 3.44. The van der Waals surface area contributed by atoms with Crippen molar-refractivity contribution < 1.29 is 37.4 Å². The number of methoxy groups -OCH3 is 2. The van der Waals surface area contributed by atoms with E-state index in [2.05, 4.69) is 15.9 Å². The predicted octanol–water partition coefficient (Wildman–Crippen LogP) is 3.88. The van der Waals surface area contributed by atoms with Crippen molar-refractivity contribution in [3.05, 3.63) is 34.3 Å². The fourth-order valence-corrected chi connectivity index (χ4v) is 3.97. The minimum atomic E-state index is -3.79. The minimum absolute atomic E-state index is 0.0728. The van der Waals surface area contributed by atoms with Gasteiger partial charge in [-0.05, 0) is 26.8 Å². The highest BCUT2D eigenvalue weighted by atomic mass is 79.9. The monoisotopic (exact) mass is 491 g/mol. The van der Waals surface area contributed by atoms with Crippen LogP contribution in [0.15, 0.2) is 28.7 Å². The van der Waals surface area contributed by atoms with E-state index in [1.807, 2.05) is 0 Å². The molecule has 1 aromatic carbocycles. The normalized spacial score (nSPS) is 21.9. The summed E-state index contributed by atoms with van der Waals surface area (Å²) in [5.41, 5.74) is -3.94. The second kappa shape index (κ2) is 8.49. The lowest BCUT2D eigenvalue weighted by atomic mass is 9.76. The number of carbonyl (C=O) groups excluding carboxylic acids is 3. The summed E-state index contributed by atoms with van der Waals surface area (Å²) < 4.78 is 46.5. The number of hydrogen-bond acceptors (Lipinski definition) is 6. The van der Waals surface area contributed by atoms with E-state index < -0.39 is 59.5 Å². The van der Waals surface area contributed by atoms with Crippen molar-refractivity contribution in [2.75, 3.05) is 20.8 Å². The Kier molecular flexibility index (Phi) is 6.80. The SMILES string of the molecule is COC(=O)[C@@H]1C[C@@](C(=O)OC)(C(F)(F)c2ccccc2Br)CN1C(=O)OC(C)(C)C. The molecular formula is C20H24BrF2NO6. The summed E-state index contributed by atoms with van der Waals surface area (Å²) in [6.07, 6.45) is -1.70. The van der Waals surface area contributed by atoms with Crippen LogP contribution in [0.3, 0.4) is 0 Å². The molecule has 2 atom stereocenters. The van der Waals surface area contributed by atoms with Gasteiger partial charge in [0.05, 0.1) is 14.2 Å². The highest BCUT2D eigenvalue weighted by molar-refractivity contribution is 9.10. The summed E-state index contributed by atoms with van der Waals surface area (Å²) in [5.74, 6) is -5.97. The molecule has 1 aromatic rings. The Morgan fingerprint density at radius 3 is 2.23 bits per heavy atom. The Labute approximate surface area is 181 Å². The topological polar surface area (TPSA) is 82.1 Å². The van der Waals surface area contributed by atoms with Gasteiger partial charge in [-0.2, -0.15) is 8.78 Å². The summed E-state index contributed by atoms with van der Waals surface area (Å²) >= 11 is 3.09. The molecule has 166 valence electrons. The molecule has 10 heteroatoms. The molecule has 30 heavy (non-hydrogen) atoms. The zero-order chi connectivity index (χ0) is 22.9. The van der Waals surface area contributed by atoms with E-state index in [1.54, 1.807) is 26.8 Å². The number of ether oxygens (including phenoxy) is 3. The third-order valence-corrected chi connectivity index (χ3v) is 5.54. The number of benzene rings is 1. The van der Waals surface area contributed by atoms with E-state index in [9.17, 15) is 14.4 Å². The van der Waals surface area contributed by atoms with Crippen molar-refractivity contribution in [1.29, 1.82) is 0 Å². The average Bonchev–Trinajstić information content (AvgIpc) is 3.08. The van der Waals surface area contributed by atoms with Gasteiger partial charge in [0.2, 0.25) is 0 Å². The maximum Gasteiger partial charge on any atom is 0.411 e. The Hall–Kier alpha value is -2.23. The molecule has 1 heterocycles. The highest BCUT2D eigenvalue weighted by Gasteiger charge is 2.68. The van der Waals surface area contributed by atoms with Gasteiger partial charge in [0.1, 0.15) is 11.6 Å². The molecule has 0 spiro atoms. The lowest BCUT2D eigenvalue weighted by Crippen LogP contribution is -2.49. The average molecular weight is 492 g/mol. The standard InChI is InChI=1S/C20H24BrF2NO6/c1-18(2,3)30-17(27)24-11-19(16(26)29-5,10-14(24)15(25)28-4)20(22,23)12-8-6-7-9-13(12)21/h6-9,14H,10-11H2,1-5H3/t14-,19+/m0/s1. The van der Waals surface area contributed by atoms with E-state index >= 15 is 8.78 Å². The van der Waals surface area contributed by atoms with Gasteiger partial charge >= 0.3 is 18.0 Å². The quantitative estimate of drug-likeness (QED) is 0.469. The van der Waals surface area contributed by atoms with E-state index in [0.717, 1.165) is 25.2 Å². The maximum absolute atomic E-state index is 15.9. The van der Waals surface area contributed by atoms with Gasteiger partial charge < -0.3 is 14.2 Å². The van der Waals surface area contributed by atoms with Gasteiger partial charge in [-0.15, -0.1) is 0 Å². The van der Waals surface area contributed by atoms with Crippen LogP contribution < -0.4 is 0 Å². The molecule has 2 rings (SSSR count). The van der Waals surface area contributed by atoms with Gasteiger partial charge in [0.15, 0.2) is 5.41 Å². The van der Waals surface area contributed by atoms with Crippen LogP contribution in [0, 0.1) is 5.41 Å². The Bertz CT molecular complexity index is 841. The molecule has 0 N–H and O–H groups in total. The second-order valence-corrected chi connectivity index (χ2v) is 8.83. The van der Waals surface area contributed by atoms with Crippen molar-refractivity contribution in [2.24, 2.45) is 5.41 Å². The number of rotatable bonds is 4. The zero-order valence-electron chi connectivity index (χ0n) is 17.3. The Balaban J connectivity index is 2.62. The van der Waals surface area contributed by atoms with Crippen LogP contribution in [0.4, 0.5) is 13.6 Å². The first-order valence-corrected chi connectivity index (χ1v) is 9.88. The summed E-state index contributed by atoms with van der Waals surface area (Å²) in [6.45, 7) is 3.99. The van der Waals surface area contributed by atoms with Crippen LogP contribution in [0.2, 0.25) is 0 Å². The summed E-state index contributed by atoms with van der Waals surface area (Å²) in [6, 6.07) is 4.08. The molecule has 1 fully saturated rings. The first-order chi connectivity index (χ1) is 13.8. The molecule has 0 saturated carbocycles. The molecule has 1 aliphatic heterocycles. The predicted molar refractivity (Wildman–Crippen MR) is 106 cm³/mol. The van der Waals surface area contributed by atoms with E-state index in [4.69, 9.17) is 14.2 Å².